The van der Waals surface area contributed by atoms with Crippen LogP contribution in [0.3, 0.4) is 0 Å². The van der Waals surface area contributed by atoms with Crippen molar-refractivity contribution in [1.29, 1.82) is 0 Å². The summed E-state index contributed by atoms with van der Waals surface area (Å²) in [6.45, 7) is 0. The van der Waals surface area contributed by atoms with Crippen LogP contribution in [-0.2, 0) is 0 Å². The Bertz CT molecular complexity index is 14.7. The zero-order chi connectivity index (χ0) is 0. The van der Waals surface area contributed by atoms with Gasteiger partial charge in [-0.05, 0) is 0 Å². The van der Waals surface area contributed by atoms with E-state index in [1.54, 1.807) is 0 Å². The summed E-state index contributed by atoms with van der Waals surface area (Å²) in [6.07, 6.45) is 0. The van der Waals surface area contributed by atoms with Crippen LogP contribution in [0.2, 0.25) is 0 Å². The molecule has 0 spiro atoms. The van der Waals surface area contributed by atoms with Crippen molar-refractivity contribution < 1.29 is 112 Å². The molecule has 0 amide bonds. The second kappa shape index (κ2) is 3270. The van der Waals surface area contributed by atoms with Crippen molar-refractivity contribution in [3.8, 4) is 0 Å². The van der Waals surface area contributed by atoms with Crippen molar-refractivity contribution in [3.63, 3.8) is 0 Å². The molecule has 0 atom stereocenters. The van der Waals surface area contributed by atoms with Crippen LogP contribution in [0.1, 0.15) is 0 Å². The van der Waals surface area contributed by atoms with Crippen molar-refractivity contribution in [2.45, 2.75) is 0 Å². The number of halogens is 2. The summed E-state index contributed by atoms with van der Waals surface area (Å²) in [5.74, 6) is 0. The Hall–Kier alpha value is 1.42. The molecule has 0 saturated carbocycles. The molecule has 0 aromatic carbocycles. The van der Waals surface area contributed by atoms with E-state index < -0.39 is 0 Å². The topological polar surface area (TPSA) is 504 Å². The normalized spacial score (nSPS) is 0. The molecular formula is H32Cl2O16Sr. The Kier molecular flexibility index (Phi) is 656000. The van der Waals surface area contributed by atoms with Gasteiger partial charge in [0.1, 0.15) is 0 Å². The molecule has 0 heterocycles. The summed E-state index contributed by atoms with van der Waals surface area (Å²) in [5, 5.41) is 0. The maximum atomic E-state index is 0. The molecule has 0 aliphatic rings. The third-order valence-corrected chi connectivity index (χ3v) is 0. The van der Waals surface area contributed by atoms with Crippen LogP contribution < -0.4 is 24.8 Å². The van der Waals surface area contributed by atoms with E-state index >= 15 is 0 Å². The predicted octanol–water partition coefficient (Wildman–Crippen LogP) is -19.6. The van der Waals surface area contributed by atoms with Crippen LogP contribution >= 0.6 is 0 Å². The molecule has 32 N–H and O–H groups in total. The van der Waals surface area contributed by atoms with Gasteiger partial charge in [0.05, 0.1) is 0 Å². The fraction of sp³-hybridized carbons (Fsp3) is 0. The molecule has 0 saturated heterocycles. The van der Waals surface area contributed by atoms with Crippen molar-refractivity contribution in [3.05, 3.63) is 0 Å². The number of hydrogen-bond donors (Lipinski definition) is 0. The van der Waals surface area contributed by atoms with Gasteiger partial charge in [-0.3, -0.25) is 0 Å². The van der Waals surface area contributed by atoms with Crippen molar-refractivity contribution in [2.24, 2.45) is 0 Å². The SMILES string of the molecule is O.O.O.O.O.O.O.O.O.O.O.O.O.O.O.O.[Cl-].[Cl-].[Sr+2]. The summed E-state index contributed by atoms with van der Waals surface area (Å²) in [4.78, 5) is 0. The summed E-state index contributed by atoms with van der Waals surface area (Å²) in [7, 11) is 0. The molecule has 0 radical (unpaired) electrons. The zero-order valence-corrected chi connectivity index (χ0v) is 14.5. The Morgan fingerprint density at radius 1 is 0.158 bits per heavy atom. The van der Waals surface area contributed by atoms with Gasteiger partial charge in [-0.2, -0.15) is 0 Å². The largest absolute Gasteiger partial charge is 2.00 e. The summed E-state index contributed by atoms with van der Waals surface area (Å²) >= 11 is 0. The number of rotatable bonds is 0. The second-order valence-corrected chi connectivity index (χ2v) is 0. The van der Waals surface area contributed by atoms with Crippen LogP contribution in [0.25, 0.3) is 0 Å². The molecule has 19 heavy (non-hydrogen) atoms. The van der Waals surface area contributed by atoms with Gasteiger partial charge in [0, 0.05) is 0 Å². The van der Waals surface area contributed by atoms with Crippen molar-refractivity contribution >= 4 is 45.5 Å². The third kappa shape index (κ3) is 2920. The van der Waals surface area contributed by atoms with Gasteiger partial charge in [0.2, 0.25) is 0 Å². The molecule has 0 rings (SSSR count). The first-order valence-corrected chi connectivity index (χ1v) is 0. The molecule has 144 valence electrons. The van der Waals surface area contributed by atoms with E-state index in [4.69, 9.17) is 0 Å². The molecule has 0 unspecified atom stereocenters. The van der Waals surface area contributed by atoms with Crippen LogP contribution in [0, 0.1) is 0 Å². The third-order valence-electron chi connectivity index (χ3n) is 0. The zero-order valence-electron chi connectivity index (χ0n) is 9.46. The first-order chi connectivity index (χ1) is 0. The molecular weight excluding hydrogens is 415 g/mol. The Labute approximate surface area is 157 Å². The van der Waals surface area contributed by atoms with E-state index in [0.717, 1.165) is 0 Å². The van der Waals surface area contributed by atoms with E-state index in [2.05, 4.69) is 0 Å². The molecule has 16 nitrogen and oxygen atoms in total. The average Bonchev–Trinajstić information content (AvgIpc) is 0. The quantitative estimate of drug-likeness (QED) is 0.312. The molecule has 0 bridgehead atoms. The smallest absolute Gasteiger partial charge is 1.00 e. The van der Waals surface area contributed by atoms with Gasteiger partial charge < -0.3 is 112 Å². The summed E-state index contributed by atoms with van der Waals surface area (Å²) in [5.41, 5.74) is 0. The van der Waals surface area contributed by atoms with Gasteiger partial charge >= 0.3 is 45.5 Å². The second-order valence-electron chi connectivity index (χ2n) is 0. The first kappa shape index (κ1) is 3820. The van der Waals surface area contributed by atoms with Gasteiger partial charge in [-0.15, -0.1) is 0 Å². The van der Waals surface area contributed by atoms with E-state index in [1.165, 1.54) is 0 Å². The van der Waals surface area contributed by atoms with Crippen LogP contribution in [0.5, 0.6) is 0 Å². The molecule has 0 aliphatic carbocycles. The van der Waals surface area contributed by atoms with Crippen molar-refractivity contribution in [2.75, 3.05) is 0 Å². The van der Waals surface area contributed by atoms with Gasteiger partial charge in [-0.25, -0.2) is 0 Å². The Morgan fingerprint density at radius 2 is 0.158 bits per heavy atom. The monoisotopic (exact) mass is 446 g/mol. The Balaban J connectivity index is 0. The molecule has 0 aromatic heterocycles. The van der Waals surface area contributed by atoms with Gasteiger partial charge in [0.25, 0.3) is 0 Å². The molecule has 0 fully saturated rings. The van der Waals surface area contributed by atoms with E-state index in [-0.39, 0.29) is 158 Å². The first-order valence-electron chi connectivity index (χ1n) is 0. The fourth-order valence-electron chi connectivity index (χ4n) is 0. The molecule has 0 aromatic rings. The van der Waals surface area contributed by atoms with Crippen LogP contribution in [0.4, 0.5) is 0 Å². The van der Waals surface area contributed by atoms with Crippen molar-refractivity contribution in [1.82, 2.24) is 0 Å². The Morgan fingerprint density at radius 3 is 0.158 bits per heavy atom. The summed E-state index contributed by atoms with van der Waals surface area (Å²) < 4.78 is 0. The minimum absolute atomic E-state index is 0. The minimum Gasteiger partial charge on any atom is -1.00 e. The maximum absolute atomic E-state index is 0. The fourth-order valence-corrected chi connectivity index (χ4v) is 0. The average molecular weight is 447 g/mol. The standard InChI is InChI=1S/2ClH.16H2O.Sr/h2*1H;16*1H2;/q;;;;;;;;;;;;;;;;;;+2/p-2. The predicted molar refractivity (Wildman–Crippen MR) is 63.6 cm³/mol. The number of hydrogen-bond acceptors (Lipinski definition) is 0. The van der Waals surface area contributed by atoms with Crippen LogP contribution in [-0.4, -0.2) is 133 Å². The molecule has 19 heteroatoms. The van der Waals surface area contributed by atoms with Gasteiger partial charge in [0.15, 0.2) is 0 Å². The van der Waals surface area contributed by atoms with Crippen LogP contribution in [0.15, 0.2) is 0 Å². The molecule has 0 aliphatic heterocycles. The maximum Gasteiger partial charge on any atom is 2.00 e. The van der Waals surface area contributed by atoms with E-state index in [0.29, 0.717) is 0 Å². The minimum atomic E-state index is 0. The summed E-state index contributed by atoms with van der Waals surface area (Å²) in [6, 6.07) is 0. The van der Waals surface area contributed by atoms with Gasteiger partial charge in [-0.1, -0.05) is 0 Å². The van der Waals surface area contributed by atoms with E-state index in [1.807, 2.05) is 0 Å². The van der Waals surface area contributed by atoms with E-state index in [9.17, 15) is 0 Å².